The van der Waals surface area contributed by atoms with Gasteiger partial charge in [-0.05, 0) is 43.9 Å². The number of hydrogen-bond donors (Lipinski definition) is 1. The highest BCUT2D eigenvalue weighted by atomic mass is 16.4. The van der Waals surface area contributed by atoms with Crippen molar-refractivity contribution in [2.24, 2.45) is 0 Å². The lowest BCUT2D eigenvalue weighted by molar-refractivity contribution is -0.121. The molecule has 5 rings (SSSR count). The Labute approximate surface area is 192 Å². The van der Waals surface area contributed by atoms with Gasteiger partial charge in [-0.25, -0.2) is 9.97 Å². The fraction of sp³-hybridized carbons (Fsp3) is 0.269. The summed E-state index contributed by atoms with van der Waals surface area (Å²) in [5, 5.41) is 11.3. The number of amides is 1. The Kier molecular flexibility index (Phi) is 5.93. The third kappa shape index (κ3) is 4.98. The molecule has 0 spiro atoms. The van der Waals surface area contributed by atoms with Gasteiger partial charge in [0.05, 0.1) is 0 Å². The smallest absolute Gasteiger partial charge is 0.247 e. The molecule has 1 N–H and O–H groups in total. The minimum absolute atomic E-state index is 0.0136. The van der Waals surface area contributed by atoms with Crippen molar-refractivity contribution in [3.8, 4) is 22.8 Å². The second-order valence-electron chi connectivity index (χ2n) is 8.41. The number of rotatable bonds is 6. The Morgan fingerprint density at radius 2 is 1.88 bits per heavy atom. The van der Waals surface area contributed by atoms with Crippen molar-refractivity contribution < 1.29 is 9.21 Å². The third-order valence-electron chi connectivity index (χ3n) is 5.88. The zero-order valence-corrected chi connectivity index (χ0v) is 18.5. The molecular formula is C26H25N5O2. The Balaban J connectivity index is 1.14. The number of carbonyl (C=O) groups excluding carboxylic acids is 1. The van der Waals surface area contributed by atoms with Crippen molar-refractivity contribution in [2.45, 2.75) is 45.1 Å². The summed E-state index contributed by atoms with van der Waals surface area (Å²) in [5.74, 6) is 1.68. The third-order valence-corrected chi connectivity index (χ3v) is 5.88. The van der Waals surface area contributed by atoms with Crippen molar-refractivity contribution in [3.63, 3.8) is 0 Å². The highest BCUT2D eigenvalue weighted by Gasteiger charge is 2.22. The van der Waals surface area contributed by atoms with Gasteiger partial charge < -0.3 is 9.73 Å². The van der Waals surface area contributed by atoms with Crippen molar-refractivity contribution in [1.82, 2.24) is 25.5 Å². The quantitative estimate of drug-likeness (QED) is 0.486. The summed E-state index contributed by atoms with van der Waals surface area (Å²) in [5.41, 5.74) is 5.24. The maximum atomic E-state index is 12.5. The topological polar surface area (TPSA) is 93.8 Å². The number of hydrogen-bond acceptors (Lipinski definition) is 6. The molecule has 33 heavy (non-hydrogen) atoms. The van der Waals surface area contributed by atoms with E-state index in [1.807, 2.05) is 67.7 Å². The molecule has 7 heteroatoms. The van der Waals surface area contributed by atoms with Gasteiger partial charge in [0.2, 0.25) is 17.7 Å². The van der Waals surface area contributed by atoms with E-state index < -0.39 is 0 Å². The van der Waals surface area contributed by atoms with Crippen LogP contribution in [0.25, 0.3) is 22.8 Å². The van der Waals surface area contributed by atoms with Crippen LogP contribution in [0.5, 0.6) is 0 Å². The Morgan fingerprint density at radius 3 is 2.70 bits per heavy atom. The van der Waals surface area contributed by atoms with Gasteiger partial charge in [-0.2, -0.15) is 0 Å². The molecule has 0 saturated heterocycles. The van der Waals surface area contributed by atoms with Crippen LogP contribution in [-0.2, 0) is 24.1 Å². The molecule has 0 fully saturated rings. The summed E-state index contributed by atoms with van der Waals surface area (Å²) in [4.78, 5) is 21.8. The molecule has 166 valence electrons. The van der Waals surface area contributed by atoms with E-state index in [9.17, 15) is 4.79 Å². The van der Waals surface area contributed by atoms with E-state index in [1.165, 1.54) is 5.56 Å². The largest absolute Gasteiger partial charge is 0.421 e. The predicted molar refractivity (Wildman–Crippen MR) is 124 cm³/mol. The van der Waals surface area contributed by atoms with Gasteiger partial charge in [-0.1, -0.05) is 48.0 Å². The van der Waals surface area contributed by atoms with Gasteiger partial charge in [0.25, 0.3) is 0 Å². The Hall–Kier alpha value is -3.87. The van der Waals surface area contributed by atoms with E-state index in [0.29, 0.717) is 24.6 Å². The Morgan fingerprint density at radius 1 is 1.06 bits per heavy atom. The first-order chi connectivity index (χ1) is 16.1. The summed E-state index contributed by atoms with van der Waals surface area (Å²) >= 11 is 0. The fourth-order valence-electron chi connectivity index (χ4n) is 4.04. The predicted octanol–water partition coefficient (Wildman–Crippen LogP) is 4.11. The minimum atomic E-state index is -0.0136. The first-order valence-corrected chi connectivity index (χ1v) is 11.2. The molecule has 0 bridgehead atoms. The lowest BCUT2D eigenvalue weighted by Crippen LogP contribution is -2.39. The normalized spacial score (nSPS) is 15.1. The number of benzene rings is 2. The van der Waals surface area contributed by atoms with Crippen LogP contribution in [-0.4, -0.2) is 32.1 Å². The van der Waals surface area contributed by atoms with Gasteiger partial charge in [-0.15, -0.1) is 10.2 Å². The molecular weight excluding hydrogens is 414 g/mol. The Bertz CT molecular complexity index is 1250. The van der Waals surface area contributed by atoms with Crippen LogP contribution < -0.4 is 5.32 Å². The molecule has 2 aromatic carbocycles. The standard InChI is InChI=1S/C26H25N5O2/c1-17-7-9-19(10-8-17)26-31-30-24(33-26)14-13-23(32)28-21-11-12-22-20(15-21)16-27-25(29-22)18-5-3-2-4-6-18/h2-10,16,21H,11-15H2,1H3,(H,28,32). The van der Waals surface area contributed by atoms with Crippen LogP contribution >= 0.6 is 0 Å². The second kappa shape index (κ2) is 9.32. The van der Waals surface area contributed by atoms with E-state index in [1.54, 1.807) is 0 Å². The van der Waals surface area contributed by atoms with Crippen LogP contribution in [0.3, 0.4) is 0 Å². The molecule has 1 aliphatic rings. The molecule has 2 heterocycles. The molecule has 4 aromatic rings. The zero-order chi connectivity index (χ0) is 22.6. The molecule has 1 aliphatic carbocycles. The zero-order valence-electron chi connectivity index (χ0n) is 18.5. The molecule has 2 aromatic heterocycles. The van der Waals surface area contributed by atoms with Gasteiger partial charge in [-0.3, -0.25) is 4.79 Å². The van der Waals surface area contributed by atoms with Gasteiger partial charge >= 0.3 is 0 Å². The summed E-state index contributed by atoms with van der Waals surface area (Å²) in [6.45, 7) is 2.03. The van der Waals surface area contributed by atoms with Crippen LogP contribution in [0.15, 0.2) is 65.2 Å². The summed E-state index contributed by atoms with van der Waals surface area (Å²) in [7, 11) is 0. The van der Waals surface area contributed by atoms with Crippen LogP contribution in [0.1, 0.15) is 35.6 Å². The van der Waals surface area contributed by atoms with Crippen LogP contribution in [0.4, 0.5) is 0 Å². The molecule has 1 atom stereocenters. The highest BCUT2D eigenvalue weighted by Crippen LogP contribution is 2.23. The molecule has 7 nitrogen and oxygen atoms in total. The first kappa shape index (κ1) is 21.0. The number of fused-ring (bicyclic) bond motifs is 1. The van der Waals surface area contributed by atoms with Gasteiger partial charge in [0.1, 0.15) is 0 Å². The molecule has 0 aliphatic heterocycles. The monoisotopic (exact) mass is 439 g/mol. The van der Waals surface area contributed by atoms with Gasteiger partial charge in [0.15, 0.2) is 5.82 Å². The number of nitrogens with one attached hydrogen (secondary N) is 1. The number of aryl methyl sites for hydroxylation is 3. The molecule has 0 saturated carbocycles. The molecule has 1 amide bonds. The number of aromatic nitrogens is 4. The van der Waals surface area contributed by atoms with E-state index in [4.69, 9.17) is 9.40 Å². The maximum absolute atomic E-state index is 12.5. The number of nitrogens with zero attached hydrogens (tertiary/aromatic N) is 4. The van der Waals surface area contributed by atoms with Crippen molar-refractivity contribution in [3.05, 3.63) is 83.5 Å². The summed E-state index contributed by atoms with van der Waals surface area (Å²) in [6.07, 6.45) is 5.05. The van der Waals surface area contributed by atoms with Crippen molar-refractivity contribution in [1.29, 1.82) is 0 Å². The van der Waals surface area contributed by atoms with E-state index in [2.05, 4.69) is 20.5 Å². The maximum Gasteiger partial charge on any atom is 0.247 e. The van der Waals surface area contributed by atoms with Crippen LogP contribution in [0.2, 0.25) is 0 Å². The molecule has 0 radical (unpaired) electrons. The van der Waals surface area contributed by atoms with Crippen molar-refractivity contribution in [2.75, 3.05) is 0 Å². The summed E-state index contributed by atoms with van der Waals surface area (Å²) < 4.78 is 5.73. The lowest BCUT2D eigenvalue weighted by atomic mass is 9.92. The SMILES string of the molecule is Cc1ccc(-c2nnc(CCC(=O)NC3CCc4nc(-c5ccccc5)ncc4C3)o2)cc1. The fourth-order valence-corrected chi connectivity index (χ4v) is 4.04. The highest BCUT2D eigenvalue weighted by molar-refractivity contribution is 5.76. The van der Waals surface area contributed by atoms with Gasteiger partial charge in [0, 0.05) is 41.9 Å². The first-order valence-electron chi connectivity index (χ1n) is 11.2. The summed E-state index contributed by atoms with van der Waals surface area (Å²) in [6, 6.07) is 18.0. The second-order valence-corrected chi connectivity index (χ2v) is 8.41. The van der Waals surface area contributed by atoms with Crippen LogP contribution in [0, 0.1) is 6.92 Å². The minimum Gasteiger partial charge on any atom is -0.421 e. The lowest BCUT2D eigenvalue weighted by Gasteiger charge is -2.24. The van der Waals surface area contributed by atoms with E-state index in [0.717, 1.165) is 47.5 Å². The average molecular weight is 440 g/mol. The van der Waals surface area contributed by atoms with E-state index in [-0.39, 0.29) is 11.9 Å². The number of carbonyl (C=O) groups is 1. The van der Waals surface area contributed by atoms with Crippen molar-refractivity contribution >= 4 is 5.91 Å². The van der Waals surface area contributed by atoms with E-state index >= 15 is 0 Å². The average Bonchev–Trinajstić information content (AvgIpc) is 3.32. The molecule has 1 unspecified atom stereocenters.